The number of hydrogen-bond donors (Lipinski definition) is 0. The molecule has 0 saturated heterocycles. The molecule has 2 rings (SSSR count). The van der Waals surface area contributed by atoms with Crippen LogP contribution >= 0.6 is 0 Å². The van der Waals surface area contributed by atoms with Gasteiger partial charge in [-0.3, -0.25) is 9.78 Å². The minimum Gasteiger partial charge on any atom is -0.335 e. The van der Waals surface area contributed by atoms with Crippen LogP contribution in [0.25, 0.3) is 0 Å². The van der Waals surface area contributed by atoms with E-state index in [9.17, 15) is 4.79 Å². The van der Waals surface area contributed by atoms with E-state index in [1.807, 2.05) is 33.0 Å². The van der Waals surface area contributed by atoms with Gasteiger partial charge in [0.2, 0.25) is 0 Å². The summed E-state index contributed by atoms with van der Waals surface area (Å²) in [5.41, 5.74) is 3.89. The number of amides is 1. The zero-order valence-corrected chi connectivity index (χ0v) is 12.4. The van der Waals surface area contributed by atoms with Gasteiger partial charge in [0.25, 0.3) is 5.91 Å². The molecular formula is C17H20N2O. The summed E-state index contributed by atoms with van der Waals surface area (Å²) in [5.74, 6) is -0.00873. The van der Waals surface area contributed by atoms with E-state index in [1.165, 1.54) is 5.56 Å². The fraction of sp³-hybridized carbons (Fsp3) is 0.294. The van der Waals surface area contributed by atoms with Gasteiger partial charge in [0.05, 0.1) is 11.6 Å². The van der Waals surface area contributed by atoms with Crippen LogP contribution in [0.3, 0.4) is 0 Å². The summed E-state index contributed by atoms with van der Waals surface area (Å²) in [6.45, 7) is 6.00. The molecule has 0 N–H and O–H groups in total. The van der Waals surface area contributed by atoms with Crippen LogP contribution in [-0.2, 0) is 0 Å². The summed E-state index contributed by atoms with van der Waals surface area (Å²) in [5, 5.41) is 0. The molecule has 0 aliphatic heterocycles. The number of aryl methyl sites for hydroxylation is 2. The Labute approximate surface area is 120 Å². The molecule has 20 heavy (non-hydrogen) atoms. The second kappa shape index (κ2) is 5.87. The van der Waals surface area contributed by atoms with Crippen molar-refractivity contribution in [3.05, 3.63) is 65.0 Å². The van der Waals surface area contributed by atoms with E-state index in [-0.39, 0.29) is 11.9 Å². The number of carbonyl (C=O) groups excluding carboxylic acids is 1. The maximum absolute atomic E-state index is 12.4. The summed E-state index contributed by atoms with van der Waals surface area (Å²) in [6, 6.07) is 12.0. The van der Waals surface area contributed by atoms with Crippen LogP contribution in [0.2, 0.25) is 0 Å². The predicted molar refractivity (Wildman–Crippen MR) is 80.7 cm³/mol. The first-order valence-electron chi connectivity index (χ1n) is 6.75. The lowest BCUT2D eigenvalue weighted by Crippen LogP contribution is -2.29. The molecule has 3 nitrogen and oxygen atoms in total. The molecule has 1 heterocycles. The Hall–Kier alpha value is -2.16. The lowest BCUT2D eigenvalue weighted by molar-refractivity contribution is 0.0742. The predicted octanol–water partition coefficient (Wildman–Crippen LogP) is 3.53. The Bertz CT molecular complexity index is 587. The molecule has 0 fully saturated rings. The molecule has 1 aromatic heterocycles. The number of hydrogen-bond acceptors (Lipinski definition) is 2. The van der Waals surface area contributed by atoms with Crippen LogP contribution < -0.4 is 0 Å². The van der Waals surface area contributed by atoms with Crippen molar-refractivity contribution in [2.75, 3.05) is 7.05 Å². The lowest BCUT2D eigenvalue weighted by atomic mass is 10.0. The summed E-state index contributed by atoms with van der Waals surface area (Å²) >= 11 is 0. The molecule has 0 bridgehead atoms. The number of benzene rings is 1. The van der Waals surface area contributed by atoms with Gasteiger partial charge in [-0.2, -0.15) is 0 Å². The van der Waals surface area contributed by atoms with Gasteiger partial charge in [-0.25, -0.2) is 0 Å². The first-order chi connectivity index (χ1) is 9.49. The van der Waals surface area contributed by atoms with Gasteiger partial charge in [0, 0.05) is 18.9 Å². The van der Waals surface area contributed by atoms with E-state index in [0.717, 1.165) is 11.3 Å². The van der Waals surface area contributed by atoms with Crippen LogP contribution in [0, 0.1) is 13.8 Å². The largest absolute Gasteiger partial charge is 0.335 e. The normalized spacial score (nSPS) is 12.0. The highest BCUT2D eigenvalue weighted by Crippen LogP contribution is 2.21. The van der Waals surface area contributed by atoms with Crippen LogP contribution in [0.15, 0.2) is 42.6 Å². The molecule has 104 valence electrons. The van der Waals surface area contributed by atoms with Gasteiger partial charge >= 0.3 is 0 Å². The van der Waals surface area contributed by atoms with Crippen LogP contribution in [0.5, 0.6) is 0 Å². The van der Waals surface area contributed by atoms with Crippen molar-refractivity contribution in [2.45, 2.75) is 26.8 Å². The number of aromatic nitrogens is 1. The third kappa shape index (κ3) is 3.05. The third-order valence-corrected chi connectivity index (χ3v) is 3.62. The van der Waals surface area contributed by atoms with Gasteiger partial charge in [-0.05, 0) is 38.5 Å². The Morgan fingerprint density at radius 2 is 1.75 bits per heavy atom. The molecule has 1 amide bonds. The van der Waals surface area contributed by atoms with E-state index in [0.29, 0.717) is 5.56 Å². The van der Waals surface area contributed by atoms with Gasteiger partial charge in [-0.15, -0.1) is 0 Å². The Balaban J connectivity index is 2.17. The monoisotopic (exact) mass is 268 g/mol. The molecule has 0 saturated carbocycles. The highest BCUT2D eigenvalue weighted by atomic mass is 16.2. The topological polar surface area (TPSA) is 33.2 Å². The zero-order valence-electron chi connectivity index (χ0n) is 12.4. The maximum Gasteiger partial charge on any atom is 0.255 e. The third-order valence-electron chi connectivity index (χ3n) is 3.62. The molecule has 0 aliphatic carbocycles. The second-order valence-electron chi connectivity index (χ2n) is 5.19. The fourth-order valence-electron chi connectivity index (χ4n) is 2.04. The van der Waals surface area contributed by atoms with Crippen LogP contribution in [-0.4, -0.2) is 22.8 Å². The molecule has 3 heteroatoms. The van der Waals surface area contributed by atoms with Gasteiger partial charge in [0.15, 0.2) is 0 Å². The summed E-state index contributed by atoms with van der Waals surface area (Å²) < 4.78 is 0. The zero-order chi connectivity index (χ0) is 14.7. The van der Waals surface area contributed by atoms with E-state index in [2.05, 4.69) is 36.2 Å². The SMILES string of the molecule is Cc1ccc(C(C)N(C)C(=O)c2ccc(C)nc2)cc1. The first kappa shape index (κ1) is 14.3. The molecule has 0 aliphatic rings. The lowest BCUT2D eigenvalue weighted by Gasteiger charge is -2.25. The first-order valence-corrected chi connectivity index (χ1v) is 6.75. The summed E-state index contributed by atoms with van der Waals surface area (Å²) in [7, 11) is 1.83. The molecule has 1 unspecified atom stereocenters. The number of nitrogens with zero attached hydrogens (tertiary/aromatic N) is 2. The van der Waals surface area contributed by atoms with Crippen molar-refractivity contribution >= 4 is 5.91 Å². The molecule has 0 spiro atoms. The number of pyridine rings is 1. The van der Waals surface area contributed by atoms with E-state index in [1.54, 1.807) is 11.1 Å². The Kier molecular flexibility index (Phi) is 4.18. The van der Waals surface area contributed by atoms with Gasteiger partial charge in [0.1, 0.15) is 0 Å². The molecule has 2 aromatic rings. The Morgan fingerprint density at radius 1 is 1.10 bits per heavy atom. The minimum absolute atomic E-state index is 0.00873. The average molecular weight is 268 g/mol. The van der Waals surface area contributed by atoms with Crippen LogP contribution in [0.4, 0.5) is 0 Å². The molecule has 1 aromatic carbocycles. The van der Waals surface area contributed by atoms with Crippen molar-refractivity contribution in [1.29, 1.82) is 0 Å². The number of rotatable bonds is 3. The van der Waals surface area contributed by atoms with E-state index in [4.69, 9.17) is 0 Å². The highest BCUT2D eigenvalue weighted by Gasteiger charge is 2.18. The van der Waals surface area contributed by atoms with E-state index >= 15 is 0 Å². The minimum atomic E-state index is -0.00873. The molecule has 0 radical (unpaired) electrons. The van der Waals surface area contributed by atoms with Gasteiger partial charge < -0.3 is 4.90 Å². The second-order valence-corrected chi connectivity index (χ2v) is 5.19. The van der Waals surface area contributed by atoms with Crippen molar-refractivity contribution in [1.82, 2.24) is 9.88 Å². The van der Waals surface area contributed by atoms with Crippen molar-refractivity contribution in [3.63, 3.8) is 0 Å². The molecular weight excluding hydrogens is 248 g/mol. The standard InChI is InChI=1S/C17H20N2O/c1-12-5-8-15(9-6-12)14(3)19(4)17(20)16-10-7-13(2)18-11-16/h5-11,14H,1-4H3. The van der Waals surface area contributed by atoms with Crippen molar-refractivity contribution in [3.8, 4) is 0 Å². The van der Waals surface area contributed by atoms with Crippen molar-refractivity contribution in [2.24, 2.45) is 0 Å². The smallest absolute Gasteiger partial charge is 0.255 e. The molecule has 1 atom stereocenters. The Morgan fingerprint density at radius 3 is 2.30 bits per heavy atom. The van der Waals surface area contributed by atoms with E-state index < -0.39 is 0 Å². The summed E-state index contributed by atoms with van der Waals surface area (Å²) in [4.78, 5) is 18.3. The van der Waals surface area contributed by atoms with Crippen LogP contribution in [0.1, 0.15) is 40.1 Å². The van der Waals surface area contributed by atoms with Gasteiger partial charge in [-0.1, -0.05) is 29.8 Å². The highest BCUT2D eigenvalue weighted by molar-refractivity contribution is 5.94. The number of carbonyl (C=O) groups is 1. The fourth-order valence-corrected chi connectivity index (χ4v) is 2.04. The maximum atomic E-state index is 12.4. The van der Waals surface area contributed by atoms with Crippen molar-refractivity contribution < 1.29 is 4.79 Å². The average Bonchev–Trinajstić information content (AvgIpc) is 2.46. The quantitative estimate of drug-likeness (QED) is 0.853. The summed E-state index contributed by atoms with van der Waals surface area (Å²) in [6.07, 6.45) is 1.63.